The van der Waals surface area contributed by atoms with Gasteiger partial charge in [0.15, 0.2) is 11.5 Å². The molecule has 2 aromatic carbocycles. The van der Waals surface area contributed by atoms with Crippen molar-refractivity contribution in [2.45, 2.75) is 0 Å². The van der Waals surface area contributed by atoms with E-state index in [-0.39, 0.29) is 29.0 Å². The van der Waals surface area contributed by atoms with Crippen molar-refractivity contribution in [2.24, 2.45) is 0 Å². The summed E-state index contributed by atoms with van der Waals surface area (Å²) in [6, 6.07) is 9.86. The second-order valence-electron chi connectivity index (χ2n) is 7.85. The maximum Gasteiger partial charge on any atom is 0.247 e. The zero-order valence-corrected chi connectivity index (χ0v) is 18.6. The molecule has 0 bridgehead atoms. The van der Waals surface area contributed by atoms with Gasteiger partial charge in [0.1, 0.15) is 11.4 Å². The fourth-order valence-corrected chi connectivity index (χ4v) is 3.93. The number of carbonyl (C=O) groups excluding carboxylic acids is 1. The number of hydrogen-bond donors (Lipinski definition) is 4. The van der Waals surface area contributed by atoms with E-state index < -0.39 is 5.82 Å². The highest BCUT2D eigenvalue weighted by atomic mass is 19.1. The van der Waals surface area contributed by atoms with Gasteiger partial charge in [-0.05, 0) is 24.3 Å². The van der Waals surface area contributed by atoms with Gasteiger partial charge in [-0.1, -0.05) is 18.7 Å². The molecule has 1 aliphatic heterocycles. The third-order valence-corrected chi connectivity index (χ3v) is 5.53. The summed E-state index contributed by atoms with van der Waals surface area (Å²) in [7, 11) is 0. The minimum atomic E-state index is -0.567. The Bertz CT molecular complexity index is 1390. The van der Waals surface area contributed by atoms with E-state index in [0.29, 0.717) is 54.3 Å². The Morgan fingerprint density at radius 3 is 2.80 bits per heavy atom. The smallest absolute Gasteiger partial charge is 0.247 e. The predicted octanol–water partition coefficient (Wildman–Crippen LogP) is 3.57. The lowest BCUT2D eigenvalue weighted by molar-refractivity contribution is -0.111. The molecule has 5 rings (SSSR count). The number of aromatic nitrogens is 4. The van der Waals surface area contributed by atoms with Gasteiger partial charge in [0.2, 0.25) is 11.9 Å². The van der Waals surface area contributed by atoms with Crippen molar-refractivity contribution in [2.75, 3.05) is 41.8 Å². The van der Waals surface area contributed by atoms with E-state index in [1.54, 1.807) is 29.3 Å². The molecule has 0 aliphatic carbocycles. The third kappa shape index (κ3) is 4.62. The van der Waals surface area contributed by atoms with Crippen LogP contribution in [-0.4, -0.2) is 57.5 Å². The van der Waals surface area contributed by atoms with Crippen LogP contribution in [0.25, 0.3) is 22.3 Å². The SMILES string of the molecule is C=CC(=O)Nc1cccc(-c2nc(Nc3cc(O)c(N4CCOCC4)c(F)c3)nc3[nH]ncc23)c1. The molecule has 4 aromatic rings. The Labute approximate surface area is 199 Å². The lowest BCUT2D eigenvalue weighted by Gasteiger charge is -2.29. The topological polar surface area (TPSA) is 128 Å². The van der Waals surface area contributed by atoms with Crippen molar-refractivity contribution in [1.29, 1.82) is 0 Å². The van der Waals surface area contributed by atoms with Gasteiger partial charge >= 0.3 is 0 Å². The zero-order chi connectivity index (χ0) is 24.4. The quantitative estimate of drug-likeness (QED) is 0.312. The number of phenols is 1. The maximum atomic E-state index is 14.9. The van der Waals surface area contributed by atoms with Gasteiger partial charge in [0.05, 0.1) is 30.5 Å². The van der Waals surface area contributed by atoms with Crippen LogP contribution in [0.1, 0.15) is 0 Å². The molecule has 1 amide bonds. The molecule has 178 valence electrons. The number of halogens is 1. The summed E-state index contributed by atoms with van der Waals surface area (Å²) in [4.78, 5) is 22.5. The molecule has 0 spiro atoms. The number of carbonyl (C=O) groups is 1. The first-order chi connectivity index (χ1) is 17.0. The van der Waals surface area contributed by atoms with E-state index in [2.05, 4.69) is 37.4 Å². The summed E-state index contributed by atoms with van der Waals surface area (Å²) >= 11 is 0. The highest BCUT2D eigenvalue weighted by Crippen LogP contribution is 2.35. The maximum absolute atomic E-state index is 14.9. The number of fused-ring (bicyclic) bond motifs is 1. The number of rotatable bonds is 6. The van der Waals surface area contributed by atoms with Crippen LogP contribution >= 0.6 is 0 Å². The number of phenolic OH excluding ortho intramolecular Hbond substituents is 1. The zero-order valence-electron chi connectivity index (χ0n) is 18.6. The average molecular weight is 475 g/mol. The lowest BCUT2D eigenvalue weighted by Crippen LogP contribution is -2.36. The molecule has 0 radical (unpaired) electrons. The van der Waals surface area contributed by atoms with Crippen LogP contribution < -0.4 is 15.5 Å². The number of ether oxygens (including phenoxy) is 1. The molecule has 0 atom stereocenters. The fourth-order valence-electron chi connectivity index (χ4n) is 3.93. The summed E-state index contributed by atoms with van der Waals surface area (Å²) < 4.78 is 20.2. The Morgan fingerprint density at radius 2 is 2.03 bits per heavy atom. The number of aromatic hydroxyl groups is 1. The third-order valence-electron chi connectivity index (χ3n) is 5.53. The number of nitrogens with zero attached hydrogens (tertiary/aromatic N) is 4. The van der Waals surface area contributed by atoms with Crippen LogP contribution in [0.5, 0.6) is 5.75 Å². The van der Waals surface area contributed by atoms with Crippen LogP contribution in [-0.2, 0) is 9.53 Å². The van der Waals surface area contributed by atoms with Crippen LogP contribution in [0.2, 0.25) is 0 Å². The largest absolute Gasteiger partial charge is 0.506 e. The molecule has 1 fully saturated rings. The number of morpholine rings is 1. The minimum absolute atomic E-state index is 0.142. The van der Waals surface area contributed by atoms with Gasteiger partial charge in [0.25, 0.3) is 0 Å². The molecular weight excluding hydrogens is 453 g/mol. The van der Waals surface area contributed by atoms with Crippen molar-refractivity contribution in [3.8, 4) is 17.0 Å². The van der Waals surface area contributed by atoms with Gasteiger partial charge in [-0.2, -0.15) is 10.1 Å². The number of benzene rings is 2. The average Bonchev–Trinajstić information content (AvgIpc) is 3.32. The van der Waals surface area contributed by atoms with E-state index in [0.717, 1.165) is 0 Å². The predicted molar refractivity (Wildman–Crippen MR) is 130 cm³/mol. The number of anilines is 4. The molecule has 0 unspecified atom stereocenters. The van der Waals surface area contributed by atoms with Crippen molar-refractivity contribution in [3.05, 3.63) is 61.1 Å². The standard InChI is InChI=1S/C24H22FN7O3/c1-2-20(34)27-15-5-3-4-14(10-15)21-17-13-26-31-23(17)30-24(29-21)28-16-11-18(25)22(19(33)12-16)32-6-8-35-9-7-32/h2-5,10-13,33H,1,6-9H2,(H,27,34)(H2,26,28,29,30,31). The van der Waals surface area contributed by atoms with E-state index in [4.69, 9.17) is 4.74 Å². The Morgan fingerprint density at radius 1 is 1.20 bits per heavy atom. The molecule has 3 heterocycles. The van der Waals surface area contributed by atoms with Gasteiger partial charge < -0.3 is 25.4 Å². The highest BCUT2D eigenvalue weighted by molar-refractivity contribution is 5.99. The van der Waals surface area contributed by atoms with E-state index in [9.17, 15) is 14.3 Å². The van der Waals surface area contributed by atoms with Crippen LogP contribution in [0.15, 0.2) is 55.3 Å². The number of aromatic amines is 1. The van der Waals surface area contributed by atoms with E-state index in [1.807, 2.05) is 6.07 Å². The molecule has 2 aromatic heterocycles. The van der Waals surface area contributed by atoms with Gasteiger partial charge in [-0.3, -0.25) is 9.89 Å². The molecule has 0 saturated carbocycles. The Balaban J connectivity index is 1.48. The second kappa shape index (κ2) is 9.39. The lowest BCUT2D eigenvalue weighted by atomic mass is 10.1. The van der Waals surface area contributed by atoms with Crippen molar-refractivity contribution < 1.29 is 19.0 Å². The number of hydrogen-bond acceptors (Lipinski definition) is 8. The fraction of sp³-hybridized carbons (Fsp3) is 0.167. The number of H-pyrrole nitrogens is 1. The summed E-state index contributed by atoms with van der Waals surface area (Å²) in [5.74, 6) is -0.913. The number of nitrogens with one attached hydrogen (secondary N) is 3. The van der Waals surface area contributed by atoms with Crippen molar-refractivity contribution in [1.82, 2.24) is 20.2 Å². The Hall–Kier alpha value is -4.51. The van der Waals surface area contributed by atoms with E-state index >= 15 is 0 Å². The molecule has 11 heteroatoms. The summed E-state index contributed by atoms with van der Waals surface area (Å²) in [5.41, 5.74) is 2.73. The van der Waals surface area contributed by atoms with Crippen LogP contribution in [0.4, 0.5) is 27.4 Å². The first kappa shape index (κ1) is 22.3. The monoisotopic (exact) mass is 475 g/mol. The van der Waals surface area contributed by atoms with Crippen LogP contribution in [0.3, 0.4) is 0 Å². The van der Waals surface area contributed by atoms with Crippen molar-refractivity contribution in [3.63, 3.8) is 0 Å². The van der Waals surface area contributed by atoms with Crippen molar-refractivity contribution >= 4 is 40.0 Å². The van der Waals surface area contributed by atoms with E-state index in [1.165, 1.54) is 18.2 Å². The summed E-state index contributed by atoms with van der Waals surface area (Å²) in [5, 5.41) is 23.8. The first-order valence-electron chi connectivity index (χ1n) is 10.9. The summed E-state index contributed by atoms with van der Waals surface area (Å²) in [6.07, 6.45) is 2.79. The molecule has 10 nitrogen and oxygen atoms in total. The molecule has 1 aliphatic rings. The molecular formula is C24H22FN7O3. The molecule has 4 N–H and O–H groups in total. The minimum Gasteiger partial charge on any atom is -0.506 e. The molecule has 1 saturated heterocycles. The van der Waals surface area contributed by atoms with Gasteiger partial charge in [-0.25, -0.2) is 9.37 Å². The van der Waals surface area contributed by atoms with Gasteiger partial charge in [0, 0.05) is 36.1 Å². The highest BCUT2D eigenvalue weighted by Gasteiger charge is 2.20. The summed E-state index contributed by atoms with van der Waals surface area (Å²) in [6.45, 7) is 5.39. The molecule has 35 heavy (non-hydrogen) atoms. The first-order valence-corrected chi connectivity index (χ1v) is 10.9. The van der Waals surface area contributed by atoms with Gasteiger partial charge in [-0.15, -0.1) is 0 Å². The second-order valence-corrected chi connectivity index (χ2v) is 7.85. The Kier molecular flexibility index (Phi) is 5.98. The van der Waals surface area contributed by atoms with Crippen LogP contribution in [0, 0.1) is 5.82 Å². The normalized spacial score (nSPS) is 13.6. The number of amides is 1.